The third-order valence-electron chi connectivity index (χ3n) is 5.04. The Hall–Kier alpha value is -3.09. The van der Waals surface area contributed by atoms with E-state index in [9.17, 15) is 5.26 Å². The largest absolute Gasteiger partial charge is 0.318 e. The molecule has 0 aliphatic carbocycles. The molecule has 0 amide bonds. The number of halogens is 1. The summed E-state index contributed by atoms with van der Waals surface area (Å²) in [6.07, 6.45) is 1.99. The summed E-state index contributed by atoms with van der Waals surface area (Å²) in [6.45, 7) is 4.19. The van der Waals surface area contributed by atoms with Crippen molar-refractivity contribution in [2.45, 2.75) is 13.8 Å². The molecule has 0 fully saturated rings. The molecule has 2 nitrogen and oxygen atoms in total. The summed E-state index contributed by atoms with van der Waals surface area (Å²) in [6, 6.07) is 27.2. The molecule has 0 spiro atoms. The molecule has 1 aromatic heterocycles. The van der Waals surface area contributed by atoms with E-state index in [2.05, 4.69) is 82.9 Å². The third-order valence-corrected chi connectivity index (χ3v) is 5.56. The van der Waals surface area contributed by atoms with Crippen LogP contribution >= 0.6 is 15.9 Å². The highest BCUT2D eigenvalue weighted by molar-refractivity contribution is 9.10. The van der Waals surface area contributed by atoms with Gasteiger partial charge >= 0.3 is 0 Å². The molecular weight excluding hydrogens is 408 g/mol. The van der Waals surface area contributed by atoms with Crippen LogP contribution in [0.25, 0.3) is 28.1 Å². The van der Waals surface area contributed by atoms with Gasteiger partial charge in [-0.2, -0.15) is 5.26 Å². The van der Waals surface area contributed by atoms with Crippen LogP contribution in [-0.4, -0.2) is 4.57 Å². The molecule has 0 aliphatic rings. The van der Waals surface area contributed by atoms with Crippen molar-refractivity contribution in [3.05, 3.63) is 99.8 Å². The zero-order valence-corrected chi connectivity index (χ0v) is 17.4. The van der Waals surface area contributed by atoms with Gasteiger partial charge in [0.05, 0.1) is 11.6 Å². The number of benzene rings is 3. The van der Waals surface area contributed by atoms with Gasteiger partial charge in [-0.05, 0) is 78.2 Å². The number of aromatic nitrogens is 1. The minimum absolute atomic E-state index is 0.668. The summed E-state index contributed by atoms with van der Waals surface area (Å²) in [5.74, 6) is 0. The first-order valence-electron chi connectivity index (χ1n) is 9.12. The van der Waals surface area contributed by atoms with Crippen molar-refractivity contribution in [3.63, 3.8) is 0 Å². The van der Waals surface area contributed by atoms with E-state index in [0.717, 1.165) is 38.1 Å². The Morgan fingerprint density at radius 3 is 2.36 bits per heavy atom. The van der Waals surface area contributed by atoms with Crippen LogP contribution in [0.5, 0.6) is 0 Å². The first-order chi connectivity index (χ1) is 13.6. The maximum Gasteiger partial charge on any atom is 0.0998 e. The number of rotatable bonds is 3. The van der Waals surface area contributed by atoms with E-state index in [4.69, 9.17) is 0 Å². The average Bonchev–Trinajstić information content (AvgIpc) is 2.99. The average molecular weight is 427 g/mol. The summed E-state index contributed by atoms with van der Waals surface area (Å²) < 4.78 is 3.27. The topological polar surface area (TPSA) is 28.7 Å². The Labute approximate surface area is 173 Å². The number of hydrogen-bond donors (Lipinski definition) is 0. The smallest absolute Gasteiger partial charge is 0.0998 e. The number of hydrogen-bond acceptors (Lipinski definition) is 1. The predicted octanol–water partition coefficient (Wildman–Crippen LogP) is 7.07. The fraction of sp³-hybridized carbons (Fsp3) is 0.0800. The Kier molecular flexibility index (Phi) is 4.90. The summed E-state index contributed by atoms with van der Waals surface area (Å²) in [4.78, 5) is 0. The quantitative estimate of drug-likeness (QED) is 0.321. The number of nitrogens with zero attached hydrogens (tertiary/aromatic N) is 2. The van der Waals surface area contributed by atoms with Gasteiger partial charge in [0.25, 0.3) is 0 Å². The molecule has 0 saturated heterocycles. The lowest BCUT2D eigenvalue weighted by Gasteiger charge is -2.10. The molecule has 0 radical (unpaired) electrons. The predicted molar refractivity (Wildman–Crippen MR) is 120 cm³/mol. The third kappa shape index (κ3) is 3.40. The maximum atomic E-state index is 9.80. The molecule has 4 aromatic rings. The van der Waals surface area contributed by atoms with Crippen LogP contribution in [0.1, 0.15) is 22.5 Å². The second-order valence-corrected chi connectivity index (χ2v) is 7.79. The minimum atomic E-state index is 0.668. The molecule has 0 saturated carbocycles. The molecule has 3 aromatic carbocycles. The van der Waals surface area contributed by atoms with Crippen molar-refractivity contribution in [2.75, 3.05) is 0 Å². The van der Waals surface area contributed by atoms with Crippen LogP contribution in [-0.2, 0) is 0 Å². The molecule has 0 aliphatic heterocycles. The second kappa shape index (κ2) is 7.50. The van der Waals surface area contributed by atoms with Crippen LogP contribution in [0.15, 0.2) is 77.3 Å². The summed E-state index contributed by atoms with van der Waals surface area (Å²) in [5, 5.41) is 12.1. The van der Waals surface area contributed by atoms with Crippen molar-refractivity contribution in [3.8, 4) is 11.8 Å². The highest BCUT2D eigenvalue weighted by Crippen LogP contribution is 2.27. The molecule has 1 heterocycles. The van der Waals surface area contributed by atoms with E-state index in [1.165, 1.54) is 5.39 Å². The van der Waals surface area contributed by atoms with Crippen LogP contribution < -0.4 is 0 Å². The summed E-state index contributed by atoms with van der Waals surface area (Å²) >= 11 is 3.49. The van der Waals surface area contributed by atoms with Crippen molar-refractivity contribution < 1.29 is 0 Å². The minimum Gasteiger partial charge on any atom is -0.318 e. The Balaban J connectivity index is 1.79. The van der Waals surface area contributed by atoms with Gasteiger partial charge in [0.15, 0.2) is 0 Å². The molecule has 0 bridgehead atoms. The second-order valence-electron chi connectivity index (χ2n) is 6.87. The normalized spacial score (nSPS) is 11.6. The monoisotopic (exact) mass is 426 g/mol. The molecular formula is C25H19BrN2. The van der Waals surface area contributed by atoms with Gasteiger partial charge < -0.3 is 4.57 Å². The van der Waals surface area contributed by atoms with Crippen LogP contribution in [0.3, 0.4) is 0 Å². The molecule has 0 atom stereocenters. The molecule has 4 rings (SSSR count). The van der Waals surface area contributed by atoms with Gasteiger partial charge in [0.1, 0.15) is 0 Å². The Bertz CT molecular complexity index is 1240. The number of allylic oxidation sites excluding steroid dienone is 1. The van der Waals surface area contributed by atoms with Crippen molar-refractivity contribution in [1.29, 1.82) is 5.26 Å². The number of aryl methyl sites for hydroxylation is 1. The van der Waals surface area contributed by atoms with E-state index in [1.54, 1.807) is 0 Å². The zero-order chi connectivity index (χ0) is 19.7. The van der Waals surface area contributed by atoms with Gasteiger partial charge in [0, 0.05) is 21.5 Å². The highest BCUT2D eigenvalue weighted by atomic mass is 79.9. The van der Waals surface area contributed by atoms with Gasteiger partial charge in [-0.3, -0.25) is 0 Å². The molecule has 0 N–H and O–H groups in total. The van der Waals surface area contributed by atoms with Crippen molar-refractivity contribution in [2.24, 2.45) is 0 Å². The van der Waals surface area contributed by atoms with Gasteiger partial charge in [-0.1, -0.05) is 52.3 Å². The highest BCUT2D eigenvalue weighted by Gasteiger charge is 2.11. The van der Waals surface area contributed by atoms with E-state index in [-0.39, 0.29) is 0 Å². The van der Waals surface area contributed by atoms with Crippen molar-refractivity contribution >= 4 is 38.4 Å². The van der Waals surface area contributed by atoms with Gasteiger partial charge in [-0.15, -0.1) is 0 Å². The summed E-state index contributed by atoms with van der Waals surface area (Å²) in [7, 11) is 0. The Morgan fingerprint density at radius 2 is 1.64 bits per heavy atom. The van der Waals surface area contributed by atoms with E-state index in [0.29, 0.717) is 5.57 Å². The first kappa shape index (κ1) is 18.3. The van der Waals surface area contributed by atoms with Crippen LogP contribution in [0, 0.1) is 25.2 Å². The molecule has 136 valence electrons. The van der Waals surface area contributed by atoms with Crippen LogP contribution in [0.4, 0.5) is 0 Å². The zero-order valence-electron chi connectivity index (χ0n) is 15.8. The lowest BCUT2D eigenvalue weighted by Crippen LogP contribution is -1.98. The van der Waals surface area contributed by atoms with Gasteiger partial charge in [0.2, 0.25) is 0 Å². The lowest BCUT2D eigenvalue weighted by molar-refractivity contribution is 0.964. The number of fused-ring (bicyclic) bond motifs is 1. The standard InChI is InChI=1S/C25H19BrN2/c1-17-13-22(18(2)28(17)25-11-9-24(26)10-12-25)15-23(16-27)21-8-7-19-5-3-4-6-20(19)14-21/h3-15H,1-2H3/b23-15+. The first-order valence-corrected chi connectivity index (χ1v) is 9.92. The van der Waals surface area contributed by atoms with E-state index in [1.807, 2.05) is 36.4 Å². The fourth-order valence-electron chi connectivity index (χ4n) is 3.61. The maximum absolute atomic E-state index is 9.80. The molecule has 0 unspecified atom stereocenters. The Morgan fingerprint density at radius 1 is 0.929 bits per heavy atom. The van der Waals surface area contributed by atoms with Crippen LogP contribution in [0.2, 0.25) is 0 Å². The fourth-order valence-corrected chi connectivity index (χ4v) is 3.88. The molecule has 3 heteroatoms. The number of nitriles is 1. The van der Waals surface area contributed by atoms with Gasteiger partial charge in [-0.25, -0.2) is 0 Å². The summed E-state index contributed by atoms with van der Waals surface area (Å²) in [5.41, 5.74) is 6.04. The van der Waals surface area contributed by atoms with E-state index < -0.39 is 0 Å². The van der Waals surface area contributed by atoms with E-state index >= 15 is 0 Å². The van der Waals surface area contributed by atoms with Crippen molar-refractivity contribution in [1.82, 2.24) is 4.57 Å². The SMILES string of the molecule is Cc1cc(/C=C(\C#N)c2ccc3ccccc3c2)c(C)n1-c1ccc(Br)cc1. The lowest BCUT2D eigenvalue weighted by atomic mass is 10.0. The molecule has 28 heavy (non-hydrogen) atoms.